The summed E-state index contributed by atoms with van der Waals surface area (Å²) in [5.74, 6) is 0.404. The molecule has 23 heavy (non-hydrogen) atoms. The minimum atomic E-state index is -0.359. The third kappa shape index (κ3) is 4.10. The Labute approximate surface area is 141 Å². The van der Waals surface area contributed by atoms with Gasteiger partial charge in [-0.05, 0) is 32.1 Å². The number of para-hydroxylation sites is 1. The molecule has 0 aromatic heterocycles. The van der Waals surface area contributed by atoms with E-state index in [1.165, 1.54) is 0 Å². The molecular formula is C17H20N2O3S. The topological polar surface area (TPSA) is 59.6 Å². The first-order valence-corrected chi connectivity index (χ1v) is 7.74. The number of rotatable bonds is 5. The zero-order chi connectivity index (χ0) is 16.8. The van der Waals surface area contributed by atoms with E-state index in [4.69, 9.17) is 21.7 Å². The smallest absolute Gasteiger partial charge is 0.338 e. The van der Waals surface area contributed by atoms with Crippen molar-refractivity contribution in [3.63, 3.8) is 0 Å². The molecule has 1 atom stereocenters. The van der Waals surface area contributed by atoms with Crippen LogP contribution in [0.3, 0.4) is 0 Å². The number of allylic oxidation sites excluding steroid dienone is 1. The van der Waals surface area contributed by atoms with Crippen LogP contribution in [0.15, 0.2) is 41.6 Å². The van der Waals surface area contributed by atoms with Crippen LogP contribution in [0.2, 0.25) is 0 Å². The molecule has 122 valence electrons. The summed E-state index contributed by atoms with van der Waals surface area (Å²) >= 11 is 5.18. The van der Waals surface area contributed by atoms with E-state index in [0.717, 1.165) is 11.3 Å². The summed E-state index contributed by atoms with van der Waals surface area (Å²) in [4.78, 5) is 12.2. The number of hydrogen-bond donors (Lipinski definition) is 2. The maximum atomic E-state index is 12.2. The van der Waals surface area contributed by atoms with E-state index in [-0.39, 0.29) is 12.0 Å². The third-order valence-corrected chi connectivity index (χ3v) is 3.63. The van der Waals surface area contributed by atoms with Gasteiger partial charge in [0, 0.05) is 11.3 Å². The van der Waals surface area contributed by atoms with Gasteiger partial charge in [0.2, 0.25) is 0 Å². The van der Waals surface area contributed by atoms with E-state index in [1.807, 2.05) is 43.3 Å². The van der Waals surface area contributed by atoms with Gasteiger partial charge in [0.25, 0.3) is 0 Å². The van der Waals surface area contributed by atoms with Gasteiger partial charge in [0.05, 0.1) is 25.3 Å². The molecule has 0 bridgehead atoms. The number of esters is 1. The number of methoxy groups -OCH3 is 1. The summed E-state index contributed by atoms with van der Waals surface area (Å²) in [6, 6.07) is 7.30. The quantitative estimate of drug-likeness (QED) is 0.638. The molecule has 0 saturated heterocycles. The van der Waals surface area contributed by atoms with Crippen LogP contribution >= 0.6 is 12.2 Å². The number of ether oxygens (including phenoxy) is 2. The van der Waals surface area contributed by atoms with Crippen LogP contribution in [0.1, 0.15) is 19.4 Å². The van der Waals surface area contributed by atoms with Crippen LogP contribution in [-0.2, 0) is 9.53 Å². The minimum absolute atomic E-state index is 0.322. The molecule has 1 aliphatic rings. The van der Waals surface area contributed by atoms with Gasteiger partial charge in [-0.1, -0.05) is 30.4 Å². The van der Waals surface area contributed by atoms with Crippen LogP contribution in [0.25, 0.3) is 6.08 Å². The first-order chi connectivity index (χ1) is 11.1. The zero-order valence-electron chi connectivity index (χ0n) is 13.4. The van der Waals surface area contributed by atoms with E-state index in [0.29, 0.717) is 23.0 Å². The fourth-order valence-corrected chi connectivity index (χ4v) is 2.64. The summed E-state index contributed by atoms with van der Waals surface area (Å²) in [6.45, 7) is 3.91. The third-order valence-electron chi connectivity index (χ3n) is 3.41. The predicted octanol–water partition coefficient (Wildman–Crippen LogP) is 2.39. The number of hydrogen-bond acceptors (Lipinski definition) is 4. The minimum Gasteiger partial charge on any atom is -0.496 e. The van der Waals surface area contributed by atoms with E-state index in [9.17, 15) is 4.79 Å². The van der Waals surface area contributed by atoms with Gasteiger partial charge in [-0.2, -0.15) is 0 Å². The van der Waals surface area contributed by atoms with Gasteiger partial charge in [-0.25, -0.2) is 4.79 Å². The van der Waals surface area contributed by atoms with Crippen molar-refractivity contribution < 1.29 is 14.3 Å². The molecule has 0 spiro atoms. The predicted molar refractivity (Wildman–Crippen MR) is 94.0 cm³/mol. The average molecular weight is 332 g/mol. The molecule has 0 fully saturated rings. The average Bonchev–Trinajstić information content (AvgIpc) is 2.52. The Bertz CT molecular complexity index is 668. The highest BCUT2D eigenvalue weighted by Gasteiger charge is 2.27. The van der Waals surface area contributed by atoms with Crippen molar-refractivity contribution >= 4 is 29.4 Å². The van der Waals surface area contributed by atoms with Crippen LogP contribution in [0.5, 0.6) is 5.75 Å². The molecule has 0 saturated carbocycles. The summed E-state index contributed by atoms with van der Waals surface area (Å²) in [5.41, 5.74) is 2.13. The van der Waals surface area contributed by atoms with Crippen LogP contribution in [0, 0.1) is 0 Å². The Morgan fingerprint density at radius 2 is 2.13 bits per heavy atom. The SMILES string of the molecule is CCOC(=O)C1=C(C)NC(=S)NC1/C=C/c1ccccc1OC. The molecule has 1 aromatic carbocycles. The maximum Gasteiger partial charge on any atom is 0.338 e. The molecule has 5 nitrogen and oxygen atoms in total. The van der Waals surface area contributed by atoms with E-state index in [1.54, 1.807) is 14.0 Å². The Hall–Kier alpha value is -2.34. The van der Waals surface area contributed by atoms with Gasteiger partial charge in [-0.15, -0.1) is 0 Å². The van der Waals surface area contributed by atoms with Crippen molar-refractivity contribution in [3.05, 3.63) is 47.2 Å². The second-order valence-corrected chi connectivity index (χ2v) is 5.34. The standard InChI is InChI=1S/C17H20N2O3S/c1-4-22-16(20)15-11(2)18-17(23)19-13(15)10-9-12-7-5-6-8-14(12)21-3/h5-10,13H,4H2,1-3H3,(H2,18,19,23)/b10-9+. The van der Waals surface area contributed by atoms with E-state index < -0.39 is 0 Å². The lowest BCUT2D eigenvalue weighted by Gasteiger charge is -2.27. The number of benzene rings is 1. The highest BCUT2D eigenvalue weighted by Crippen LogP contribution is 2.21. The molecule has 1 heterocycles. The maximum absolute atomic E-state index is 12.2. The Balaban J connectivity index is 2.31. The van der Waals surface area contributed by atoms with Gasteiger partial charge in [0.15, 0.2) is 5.11 Å². The number of carbonyl (C=O) groups is 1. The number of nitrogens with one attached hydrogen (secondary N) is 2. The van der Waals surface area contributed by atoms with Gasteiger partial charge < -0.3 is 20.1 Å². The summed E-state index contributed by atoms with van der Waals surface area (Å²) < 4.78 is 10.5. The molecule has 2 N–H and O–H groups in total. The second-order valence-electron chi connectivity index (χ2n) is 4.94. The van der Waals surface area contributed by atoms with Gasteiger partial charge in [0.1, 0.15) is 5.75 Å². The normalized spacial score (nSPS) is 17.7. The van der Waals surface area contributed by atoms with E-state index >= 15 is 0 Å². The molecule has 1 aliphatic heterocycles. The fraction of sp³-hybridized carbons (Fsp3) is 0.294. The summed E-state index contributed by atoms with van der Waals surface area (Å²) in [7, 11) is 1.62. The van der Waals surface area contributed by atoms with Crippen molar-refractivity contribution in [1.82, 2.24) is 10.6 Å². The van der Waals surface area contributed by atoms with Gasteiger partial charge >= 0.3 is 5.97 Å². The molecule has 0 amide bonds. The Morgan fingerprint density at radius 1 is 1.39 bits per heavy atom. The molecule has 1 unspecified atom stereocenters. The lowest BCUT2D eigenvalue weighted by molar-refractivity contribution is -0.138. The first-order valence-electron chi connectivity index (χ1n) is 7.33. The molecule has 0 radical (unpaired) electrons. The molecular weight excluding hydrogens is 312 g/mol. The Kier molecular flexibility index (Phi) is 5.76. The van der Waals surface area contributed by atoms with Crippen LogP contribution in [0.4, 0.5) is 0 Å². The molecule has 2 rings (SSSR count). The van der Waals surface area contributed by atoms with E-state index in [2.05, 4.69) is 10.6 Å². The van der Waals surface area contributed by atoms with Crippen molar-refractivity contribution in [1.29, 1.82) is 0 Å². The lowest BCUT2D eigenvalue weighted by Crippen LogP contribution is -2.48. The second kappa shape index (κ2) is 7.78. The Morgan fingerprint density at radius 3 is 2.83 bits per heavy atom. The van der Waals surface area contributed by atoms with Crippen molar-refractivity contribution in [2.45, 2.75) is 19.9 Å². The summed E-state index contributed by atoms with van der Waals surface area (Å²) in [5, 5.41) is 6.51. The lowest BCUT2D eigenvalue weighted by atomic mass is 10.0. The van der Waals surface area contributed by atoms with Crippen molar-refractivity contribution in [2.75, 3.05) is 13.7 Å². The number of carbonyl (C=O) groups excluding carboxylic acids is 1. The monoisotopic (exact) mass is 332 g/mol. The van der Waals surface area contributed by atoms with Crippen LogP contribution in [-0.4, -0.2) is 30.8 Å². The fourth-order valence-electron chi connectivity index (χ4n) is 2.36. The largest absolute Gasteiger partial charge is 0.496 e. The molecule has 6 heteroatoms. The molecule has 1 aromatic rings. The number of thiocarbonyl (C=S) groups is 1. The van der Waals surface area contributed by atoms with Crippen LogP contribution < -0.4 is 15.4 Å². The van der Waals surface area contributed by atoms with Crippen molar-refractivity contribution in [2.24, 2.45) is 0 Å². The zero-order valence-corrected chi connectivity index (χ0v) is 14.2. The summed E-state index contributed by atoms with van der Waals surface area (Å²) in [6.07, 6.45) is 3.78. The first kappa shape index (κ1) is 17.0. The van der Waals surface area contributed by atoms with Crippen molar-refractivity contribution in [3.8, 4) is 5.75 Å². The molecule has 0 aliphatic carbocycles. The van der Waals surface area contributed by atoms with Gasteiger partial charge in [-0.3, -0.25) is 0 Å². The highest BCUT2D eigenvalue weighted by molar-refractivity contribution is 7.80. The highest BCUT2D eigenvalue weighted by atomic mass is 32.1.